The molecule has 19 heavy (non-hydrogen) atoms. The summed E-state index contributed by atoms with van der Waals surface area (Å²) in [4.78, 5) is 0. The number of aliphatic hydroxyl groups excluding tert-OH is 1. The zero-order valence-corrected chi connectivity index (χ0v) is 11.9. The van der Waals surface area contributed by atoms with Gasteiger partial charge in [-0.1, -0.05) is 54.6 Å². The minimum absolute atomic E-state index is 0. The standard InChI is InChI=1S/C16H19NO.ClH/c1-13(18)11-17-12-14-7-9-16(10-8-14)15-5-3-2-4-6-15;/h2-10,13,17-18H,11-12H2,1H3;1H. The van der Waals surface area contributed by atoms with E-state index in [9.17, 15) is 0 Å². The molecule has 0 bridgehead atoms. The van der Waals surface area contributed by atoms with Crippen LogP contribution in [0.15, 0.2) is 54.6 Å². The lowest BCUT2D eigenvalue weighted by Crippen LogP contribution is -2.23. The van der Waals surface area contributed by atoms with Crippen LogP contribution < -0.4 is 5.32 Å². The lowest BCUT2D eigenvalue weighted by Gasteiger charge is -2.08. The predicted octanol–water partition coefficient (Wildman–Crippen LogP) is 3.25. The SMILES string of the molecule is CC(O)CNCc1ccc(-c2ccccc2)cc1.Cl. The van der Waals surface area contributed by atoms with Gasteiger partial charge in [-0.25, -0.2) is 0 Å². The van der Waals surface area contributed by atoms with Gasteiger partial charge in [0.25, 0.3) is 0 Å². The highest BCUT2D eigenvalue weighted by molar-refractivity contribution is 5.85. The summed E-state index contributed by atoms with van der Waals surface area (Å²) in [5, 5.41) is 12.4. The van der Waals surface area contributed by atoms with Crippen molar-refractivity contribution in [3.8, 4) is 11.1 Å². The Morgan fingerprint density at radius 3 is 2.11 bits per heavy atom. The van der Waals surface area contributed by atoms with Crippen molar-refractivity contribution in [2.75, 3.05) is 6.54 Å². The molecule has 0 radical (unpaired) electrons. The largest absolute Gasteiger partial charge is 0.392 e. The molecule has 2 aromatic carbocycles. The molecule has 2 nitrogen and oxygen atoms in total. The van der Waals surface area contributed by atoms with Crippen LogP contribution in [0.2, 0.25) is 0 Å². The Balaban J connectivity index is 0.00000180. The fourth-order valence-electron chi connectivity index (χ4n) is 1.87. The normalized spacial score (nSPS) is 11.7. The molecule has 102 valence electrons. The third-order valence-electron chi connectivity index (χ3n) is 2.83. The second-order valence-electron chi connectivity index (χ2n) is 4.54. The van der Waals surface area contributed by atoms with Crippen molar-refractivity contribution in [1.82, 2.24) is 5.32 Å². The molecule has 2 N–H and O–H groups in total. The van der Waals surface area contributed by atoms with E-state index in [0.717, 1.165) is 6.54 Å². The molecule has 0 aliphatic rings. The Labute approximate surface area is 120 Å². The van der Waals surface area contributed by atoms with Crippen molar-refractivity contribution >= 4 is 12.4 Å². The van der Waals surface area contributed by atoms with Crippen molar-refractivity contribution in [3.63, 3.8) is 0 Å². The van der Waals surface area contributed by atoms with E-state index in [1.54, 1.807) is 6.92 Å². The Kier molecular flexibility index (Phi) is 6.57. The van der Waals surface area contributed by atoms with E-state index in [1.165, 1.54) is 16.7 Å². The maximum absolute atomic E-state index is 9.16. The van der Waals surface area contributed by atoms with Crippen LogP contribution in [-0.2, 0) is 6.54 Å². The lowest BCUT2D eigenvalue weighted by atomic mass is 10.0. The molecular weight excluding hydrogens is 258 g/mol. The monoisotopic (exact) mass is 277 g/mol. The topological polar surface area (TPSA) is 32.3 Å². The van der Waals surface area contributed by atoms with Gasteiger partial charge in [-0.3, -0.25) is 0 Å². The molecule has 1 unspecified atom stereocenters. The van der Waals surface area contributed by atoms with E-state index < -0.39 is 0 Å². The lowest BCUT2D eigenvalue weighted by molar-refractivity contribution is 0.191. The van der Waals surface area contributed by atoms with Crippen LogP contribution >= 0.6 is 12.4 Å². The molecule has 2 aromatic rings. The average molecular weight is 278 g/mol. The van der Waals surface area contributed by atoms with E-state index in [2.05, 4.69) is 41.7 Å². The maximum atomic E-state index is 9.16. The first-order valence-corrected chi connectivity index (χ1v) is 6.29. The van der Waals surface area contributed by atoms with Gasteiger partial charge in [0.05, 0.1) is 6.10 Å². The van der Waals surface area contributed by atoms with Crippen molar-refractivity contribution < 1.29 is 5.11 Å². The molecular formula is C16H20ClNO. The molecule has 3 heteroatoms. The van der Waals surface area contributed by atoms with Crippen LogP contribution in [-0.4, -0.2) is 17.8 Å². The molecule has 0 aliphatic heterocycles. The summed E-state index contributed by atoms with van der Waals surface area (Å²) < 4.78 is 0. The molecule has 0 spiro atoms. The molecule has 0 aliphatic carbocycles. The van der Waals surface area contributed by atoms with Crippen molar-refractivity contribution in [2.24, 2.45) is 0 Å². The Hall–Kier alpha value is -1.35. The molecule has 1 atom stereocenters. The van der Waals surface area contributed by atoms with Crippen LogP contribution in [0, 0.1) is 0 Å². The Bertz CT molecular complexity index is 468. The minimum atomic E-state index is -0.298. The Morgan fingerprint density at radius 2 is 1.53 bits per heavy atom. The van der Waals surface area contributed by atoms with Gasteiger partial charge in [0.1, 0.15) is 0 Å². The number of hydrogen-bond donors (Lipinski definition) is 2. The van der Waals surface area contributed by atoms with E-state index in [4.69, 9.17) is 5.11 Å². The quantitative estimate of drug-likeness (QED) is 0.879. The van der Waals surface area contributed by atoms with E-state index >= 15 is 0 Å². The summed E-state index contributed by atoms with van der Waals surface area (Å²) in [6.45, 7) is 3.20. The summed E-state index contributed by atoms with van der Waals surface area (Å²) in [7, 11) is 0. The van der Waals surface area contributed by atoms with Crippen molar-refractivity contribution in [1.29, 1.82) is 0 Å². The zero-order chi connectivity index (χ0) is 12.8. The smallest absolute Gasteiger partial charge is 0.0636 e. The van der Waals surface area contributed by atoms with Crippen molar-refractivity contribution in [2.45, 2.75) is 19.6 Å². The maximum Gasteiger partial charge on any atom is 0.0636 e. The molecule has 2 rings (SSSR count). The third-order valence-corrected chi connectivity index (χ3v) is 2.83. The number of aliphatic hydroxyl groups is 1. The Morgan fingerprint density at radius 1 is 0.947 bits per heavy atom. The second-order valence-corrected chi connectivity index (χ2v) is 4.54. The summed E-state index contributed by atoms with van der Waals surface area (Å²) in [5.74, 6) is 0. The summed E-state index contributed by atoms with van der Waals surface area (Å²) in [6, 6.07) is 18.9. The number of benzene rings is 2. The third kappa shape index (κ3) is 5.03. The summed E-state index contributed by atoms with van der Waals surface area (Å²) in [5.41, 5.74) is 3.70. The first kappa shape index (κ1) is 15.7. The summed E-state index contributed by atoms with van der Waals surface area (Å²) in [6.07, 6.45) is -0.298. The van der Waals surface area contributed by atoms with E-state index in [0.29, 0.717) is 6.54 Å². The van der Waals surface area contributed by atoms with E-state index in [-0.39, 0.29) is 18.5 Å². The molecule has 0 amide bonds. The van der Waals surface area contributed by atoms with Crippen LogP contribution in [0.1, 0.15) is 12.5 Å². The average Bonchev–Trinajstić information content (AvgIpc) is 2.40. The number of rotatable bonds is 5. The van der Waals surface area contributed by atoms with Gasteiger partial charge in [-0.05, 0) is 23.6 Å². The first-order valence-electron chi connectivity index (χ1n) is 6.29. The summed E-state index contributed by atoms with van der Waals surface area (Å²) >= 11 is 0. The van der Waals surface area contributed by atoms with Crippen LogP contribution in [0.3, 0.4) is 0 Å². The van der Waals surface area contributed by atoms with Gasteiger partial charge in [-0.2, -0.15) is 0 Å². The second kappa shape index (κ2) is 7.95. The molecule has 0 fully saturated rings. The molecule has 0 aromatic heterocycles. The molecule has 0 saturated carbocycles. The van der Waals surface area contributed by atoms with Gasteiger partial charge < -0.3 is 10.4 Å². The van der Waals surface area contributed by atoms with Gasteiger partial charge in [0.15, 0.2) is 0 Å². The first-order chi connectivity index (χ1) is 8.75. The highest BCUT2D eigenvalue weighted by atomic mass is 35.5. The van der Waals surface area contributed by atoms with Gasteiger partial charge in [0.2, 0.25) is 0 Å². The van der Waals surface area contributed by atoms with Crippen LogP contribution in [0.4, 0.5) is 0 Å². The number of hydrogen-bond acceptors (Lipinski definition) is 2. The fraction of sp³-hybridized carbons (Fsp3) is 0.250. The number of nitrogens with one attached hydrogen (secondary N) is 1. The van der Waals surface area contributed by atoms with Crippen LogP contribution in [0.25, 0.3) is 11.1 Å². The molecule has 0 saturated heterocycles. The van der Waals surface area contributed by atoms with E-state index in [1.807, 2.05) is 18.2 Å². The predicted molar refractivity (Wildman–Crippen MR) is 82.5 cm³/mol. The minimum Gasteiger partial charge on any atom is -0.392 e. The highest BCUT2D eigenvalue weighted by Gasteiger charge is 1.98. The van der Waals surface area contributed by atoms with Crippen molar-refractivity contribution in [3.05, 3.63) is 60.2 Å². The molecule has 0 heterocycles. The fourth-order valence-corrected chi connectivity index (χ4v) is 1.87. The van der Waals surface area contributed by atoms with Gasteiger partial charge in [-0.15, -0.1) is 12.4 Å². The zero-order valence-electron chi connectivity index (χ0n) is 11.0. The highest BCUT2D eigenvalue weighted by Crippen LogP contribution is 2.19. The van der Waals surface area contributed by atoms with Gasteiger partial charge >= 0.3 is 0 Å². The van der Waals surface area contributed by atoms with Gasteiger partial charge in [0, 0.05) is 13.1 Å². The number of halogens is 1. The van der Waals surface area contributed by atoms with Crippen LogP contribution in [0.5, 0.6) is 0 Å².